The van der Waals surface area contributed by atoms with Crippen molar-refractivity contribution in [2.45, 2.75) is 33.6 Å². The third kappa shape index (κ3) is 2.43. The number of hydrogen-bond acceptors (Lipinski definition) is 4. The van der Waals surface area contributed by atoms with Crippen LogP contribution in [0.4, 0.5) is 5.69 Å². The Bertz CT molecular complexity index is 783. The van der Waals surface area contributed by atoms with E-state index < -0.39 is 5.63 Å². The topological polar surface area (TPSA) is 50.5 Å². The molecule has 1 aliphatic rings. The highest BCUT2D eigenvalue weighted by Crippen LogP contribution is 2.32. The Morgan fingerprint density at radius 1 is 1.18 bits per heavy atom. The summed E-state index contributed by atoms with van der Waals surface area (Å²) < 4.78 is 5.36. The van der Waals surface area contributed by atoms with E-state index in [0.29, 0.717) is 17.8 Å². The largest absolute Gasteiger partial charge is 0.422 e. The summed E-state index contributed by atoms with van der Waals surface area (Å²) in [4.78, 5) is 25.8. The summed E-state index contributed by atoms with van der Waals surface area (Å²) in [6, 6.07) is 3.91. The van der Waals surface area contributed by atoms with Crippen molar-refractivity contribution in [1.29, 1.82) is 0 Å². The molecule has 1 saturated heterocycles. The number of benzene rings is 1. The monoisotopic (exact) mass is 299 g/mol. The van der Waals surface area contributed by atoms with Gasteiger partial charge >= 0.3 is 5.63 Å². The first-order valence-corrected chi connectivity index (χ1v) is 7.79. The van der Waals surface area contributed by atoms with Gasteiger partial charge in [0.05, 0.1) is 5.69 Å². The van der Waals surface area contributed by atoms with E-state index in [0.717, 1.165) is 48.1 Å². The van der Waals surface area contributed by atoms with Gasteiger partial charge in [0, 0.05) is 18.5 Å². The molecule has 0 atom stereocenters. The molecular weight excluding hydrogens is 278 g/mol. The number of fused-ring (bicyclic) bond motifs is 1. The summed E-state index contributed by atoms with van der Waals surface area (Å²) in [5, 5.41) is 0.861. The molecule has 1 aliphatic heterocycles. The minimum absolute atomic E-state index is 0.144. The highest BCUT2D eigenvalue weighted by atomic mass is 16.4. The van der Waals surface area contributed by atoms with Crippen LogP contribution in [0.1, 0.15) is 41.3 Å². The van der Waals surface area contributed by atoms with Crippen LogP contribution >= 0.6 is 0 Å². The van der Waals surface area contributed by atoms with Crippen LogP contribution in [-0.2, 0) is 0 Å². The summed E-state index contributed by atoms with van der Waals surface area (Å²) >= 11 is 0. The summed E-state index contributed by atoms with van der Waals surface area (Å²) in [6.45, 7) is 8.00. The predicted molar refractivity (Wildman–Crippen MR) is 88.0 cm³/mol. The second-order valence-electron chi connectivity index (χ2n) is 6.37. The molecule has 0 spiro atoms. The van der Waals surface area contributed by atoms with E-state index in [9.17, 15) is 9.59 Å². The quantitative estimate of drug-likeness (QED) is 0.629. The normalized spacial score (nSPS) is 16.2. The number of anilines is 1. The molecule has 1 fully saturated rings. The lowest BCUT2D eigenvalue weighted by Gasteiger charge is -2.33. The Morgan fingerprint density at radius 3 is 2.45 bits per heavy atom. The predicted octanol–water partition coefficient (Wildman–Crippen LogP) is 3.46. The van der Waals surface area contributed by atoms with Crippen molar-refractivity contribution in [2.75, 3.05) is 18.0 Å². The molecule has 0 radical (unpaired) electrons. The van der Waals surface area contributed by atoms with E-state index in [4.69, 9.17) is 4.42 Å². The van der Waals surface area contributed by atoms with Crippen molar-refractivity contribution in [3.63, 3.8) is 0 Å². The van der Waals surface area contributed by atoms with E-state index in [1.807, 2.05) is 26.0 Å². The van der Waals surface area contributed by atoms with Crippen molar-refractivity contribution in [2.24, 2.45) is 5.92 Å². The van der Waals surface area contributed by atoms with Gasteiger partial charge in [0.15, 0.2) is 6.29 Å². The second-order valence-corrected chi connectivity index (χ2v) is 6.37. The van der Waals surface area contributed by atoms with E-state index >= 15 is 0 Å². The maximum atomic E-state index is 12.2. The molecule has 0 bridgehead atoms. The number of aldehydes is 1. The number of aryl methyl sites for hydroxylation is 2. The number of nitrogens with zero attached hydrogens (tertiary/aromatic N) is 1. The van der Waals surface area contributed by atoms with Gasteiger partial charge in [-0.1, -0.05) is 6.92 Å². The molecule has 1 aromatic heterocycles. The molecule has 2 heterocycles. The van der Waals surface area contributed by atoms with Gasteiger partial charge in [0.2, 0.25) is 0 Å². The van der Waals surface area contributed by atoms with Crippen LogP contribution in [0, 0.1) is 19.8 Å². The van der Waals surface area contributed by atoms with E-state index in [1.165, 1.54) is 0 Å². The Morgan fingerprint density at radius 2 is 1.82 bits per heavy atom. The summed E-state index contributed by atoms with van der Waals surface area (Å²) in [5.41, 5.74) is 3.12. The Labute approximate surface area is 129 Å². The average molecular weight is 299 g/mol. The molecule has 4 nitrogen and oxygen atoms in total. The summed E-state index contributed by atoms with van der Waals surface area (Å²) in [5.74, 6) is 0.686. The Balaban J connectivity index is 2.27. The molecule has 0 unspecified atom stereocenters. The highest BCUT2D eigenvalue weighted by molar-refractivity contribution is 6.00. The Hall–Kier alpha value is -2.10. The molecule has 0 amide bonds. The molecule has 0 N–H and O–H groups in total. The van der Waals surface area contributed by atoms with Crippen LogP contribution < -0.4 is 10.5 Å². The molecule has 0 aliphatic carbocycles. The SMILES string of the molecule is Cc1cc2oc(=O)c(C=O)c(N3CCC(C)CC3)c2cc1C. The highest BCUT2D eigenvalue weighted by Gasteiger charge is 2.23. The van der Waals surface area contributed by atoms with Crippen LogP contribution in [0.15, 0.2) is 21.3 Å². The average Bonchev–Trinajstić information content (AvgIpc) is 2.49. The van der Waals surface area contributed by atoms with Gasteiger partial charge in [0.25, 0.3) is 0 Å². The molecule has 2 aromatic rings. The van der Waals surface area contributed by atoms with Crippen molar-refractivity contribution >= 4 is 22.9 Å². The minimum atomic E-state index is -0.542. The second kappa shape index (κ2) is 5.59. The van der Waals surface area contributed by atoms with Gasteiger partial charge < -0.3 is 9.32 Å². The van der Waals surface area contributed by atoms with Crippen molar-refractivity contribution in [3.05, 3.63) is 39.2 Å². The number of piperidine rings is 1. The van der Waals surface area contributed by atoms with Gasteiger partial charge in [-0.3, -0.25) is 4.79 Å². The van der Waals surface area contributed by atoms with E-state index in [-0.39, 0.29) is 5.56 Å². The third-order valence-electron chi connectivity index (χ3n) is 4.75. The zero-order chi connectivity index (χ0) is 15.9. The molecule has 0 saturated carbocycles. The Kier molecular flexibility index (Phi) is 3.77. The molecule has 3 rings (SSSR count). The van der Waals surface area contributed by atoms with Gasteiger partial charge in [-0.05, 0) is 55.9 Å². The summed E-state index contributed by atoms with van der Waals surface area (Å²) in [6.07, 6.45) is 2.78. The first kappa shape index (κ1) is 14.8. The maximum Gasteiger partial charge on any atom is 0.349 e. The number of hydrogen-bond donors (Lipinski definition) is 0. The zero-order valence-corrected chi connectivity index (χ0v) is 13.3. The first-order valence-electron chi connectivity index (χ1n) is 7.79. The van der Waals surface area contributed by atoms with Gasteiger partial charge in [0.1, 0.15) is 11.1 Å². The molecular formula is C18H21NO3. The van der Waals surface area contributed by atoms with Crippen LogP contribution in [0.25, 0.3) is 11.0 Å². The lowest BCUT2D eigenvalue weighted by atomic mass is 9.97. The van der Waals surface area contributed by atoms with Crippen LogP contribution in [0.3, 0.4) is 0 Å². The molecule has 116 valence electrons. The number of carbonyl (C=O) groups excluding carboxylic acids is 1. The van der Waals surface area contributed by atoms with Gasteiger partial charge in [-0.25, -0.2) is 4.79 Å². The summed E-state index contributed by atoms with van der Waals surface area (Å²) in [7, 11) is 0. The fourth-order valence-electron chi connectivity index (χ4n) is 3.13. The molecule has 1 aromatic carbocycles. The van der Waals surface area contributed by atoms with Gasteiger partial charge in [-0.15, -0.1) is 0 Å². The fraction of sp³-hybridized carbons (Fsp3) is 0.444. The van der Waals surface area contributed by atoms with Crippen molar-refractivity contribution in [3.8, 4) is 0 Å². The lowest BCUT2D eigenvalue weighted by molar-refractivity contribution is 0.112. The minimum Gasteiger partial charge on any atom is -0.422 e. The molecule has 22 heavy (non-hydrogen) atoms. The van der Waals surface area contributed by atoms with Gasteiger partial charge in [-0.2, -0.15) is 0 Å². The van der Waals surface area contributed by atoms with E-state index in [1.54, 1.807) is 0 Å². The van der Waals surface area contributed by atoms with Crippen LogP contribution in [0.2, 0.25) is 0 Å². The maximum absolute atomic E-state index is 12.2. The number of rotatable bonds is 2. The standard InChI is InChI=1S/C18H21NO3/c1-11-4-6-19(7-5-11)17-14-8-12(2)13(3)9-16(14)22-18(21)15(17)10-20/h8-11H,4-7H2,1-3H3. The fourth-order valence-corrected chi connectivity index (χ4v) is 3.13. The lowest BCUT2D eigenvalue weighted by Crippen LogP contribution is -2.34. The van der Waals surface area contributed by atoms with Crippen LogP contribution in [-0.4, -0.2) is 19.4 Å². The van der Waals surface area contributed by atoms with Crippen LogP contribution in [0.5, 0.6) is 0 Å². The third-order valence-corrected chi connectivity index (χ3v) is 4.75. The van der Waals surface area contributed by atoms with E-state index in [2.05, 4.69) is 11.8 Å². The zero-order valence-electron chi connectivity index (χ0n) is 13.3. The van der Waals surface area contributed by atoms with Crippen molar-refractivity contribution in [1.82, 2.24) is 0 Å². The number of carbonyl (C=O) groups is 1. The molecule has 4 heteroatoms. The van der Waals surface area contributed by atoms with Crippen molar-refractivity contribution < 1.29 is 9.21 Å². The smallest absolute Gasteiger partial charge is 0.349 e. The first-order chi connectivity index (χ1) is 10.5.